The molecule has 0 aromatic heterocycles. The van der Waals surface area contributed by atoms with Crippen LogP contribution >= 0.6 is 0 Å². The summed E-state index contributed by atoms with van der Waals surface area (Å²) >= 11 is 0. The predicted molar refractivity (Wildman–Crippen MR) is 96.7 cm³/mol. The third-order valence-corrected chi connectivity index (χ3v) is 3.74. The summed E-state index contributed by atoms with van der Waals surface area (Å²) < 4.78 is 10.5. The van der Waals surface area contributed by atoms with Gasteiger partial charge in [0.1, 0.15) is 5.75 Å². The molecule has 1 amide bonds. The molecule has 0 bridgehead atoms. The second-order valence-corrected chi connectivity index (χ2v) is 5.69. The molecule has 0 aliphatic heterocycles. The molecule has 0 fully saturated rings. The van der Waals surface area contributed by atoms with Crippen LogP contribution in [0, 0.1) is 6.92 Å². The van der Waals surface area contributed by atoms with Crippen LogP contribution in [0.1, 0.15) is 25.0 Å². The van der Waals surface area contributed by atoms with Crippen molar-refractivity contribution >= 4 is 17.6 Å². The molecule has 0 spiro atoms. The van der Waals surface area contributed by atoms with Gasteiger partial charge in [-0.1, -0.05) is 43.3 Å². The van der Waals surface area contributed by atoms with E-state index in [0.717, 1.165) is 23.2 Å². The first kappa shape index (κ1) is 18.5. The summed E-state index contributed by atoms with van der Waals surface area (Å²) in [5, 5.41) is 2.82. The Bertz CT molecular complexity index is 728. The summed E-state index contributed by atoms with van der Waals surface area (Å²) in [5.74, 6) is -0.382. The molecular weight excluding hydrogens is 318 g/mol. The lowest BCUT2D eigenvalue weighted by molar-refractivity contribution is -0.153. The van der Waals surface area contributed by atoms with Gasteiger partial charge in [0.15, 0.2) is 12.7 Å². The summed E-state index contributed by atoms with van der Waals surface area (Å²) in [6, 6.07) is 14.8. The summed E-state index contributed by atoms with van der Waals surface area (Å²) in [6.45, 7) is 5.19. The Labute approximate surface area is 148 Å². The van der Waals surface area contributed by atoms with E-state index in [4.69, 9.17) is 9.47 Å². The average molecular weight is 341 g/mol. The molecule has 0 radical (unpaired) electrons. The van der Waals surface area contributed by atoms with Crippen LogP contribution in [0.5, 0.6) is 5.75 Å². The Balaban J connectivity index is 1.86. The Morgan fingerprint density at radius 2 is 1.80 bits per heavy atom. The minimum atomic E-state index is -0.792. The lowest BCUT2D eigenvalue weighted by atomic mass is 10.1. The fourth-order valence-electron chi connectivity index (χ4n) is 2.38. The lowest BCUT2D eigenvalue weighted by Crippen LogP contribution is -2.30. The number of carbonyl (C=O) groups excluding carboxylic acids is 2. The Morgan fingerprint density at radius 3 is 2.48 bits per heavy atom. The van der Waals surface area contributed by atoms with Gasteiger partial charge in [0.2, 0.25) is 0 Å². The molecule has 2 aromatic carbocycles. The molecule has 0 aliphatic carbocycles. The van der Waals surface area contributed by atoms with Crippen LogP contribution in [-0.2, 0) is 20.7 Å². The SMILES string of the molecule is CCc1cccc(C)c1NC(=O)COC(=O)[C@H](C)Oc1ccccc1. The van der Waals surface area contributed by atoms with Gasteiger partial charge >= 0.3 is 5.97 Å². The van der Waals surface area contributed by atoms with E-state index in [1.807, 2.05) is 50.2 Å². The van der Waals surface area contributed by atoms with Crippen LogP contribution in [0.15, 0.2) is 48.5 Å². The van der Waals surface area contributed by atoms with Crippen LogP contribution in [0.4, 0.5) is 5.69 Å². The zero-order valence-electron chi connectivity index (χ0n) is 14.7. The number of carbonyl (C=O) groups is 2. The smallest absolute Gasteiger partial charge is 0.347 e. The zero-order valence-corrected chi connectivity index (χ0v) is 14.7. The number of para-hydroxylation sites is 2. The molecule has 5 heteroatoms. The van der Waals surface area contributed by atoms with Gasteiger partial charge in [-0.15, -0.1) is 0 Å². The predicted octanol–water partition coefficient (Wildman–Crippen LogP) is 3.51. The second-order valence-electron chi connectivity index (χ2n) is 5.69. The van der Waals surface area contributed by atoms with Crippen LogP contribution in [0.2, 0.25) is 0 Å². The van der Waals surface area contributed by atoms with Gasteiger partial charge in [-0.25, -0.2) is 4.79 Å². The van der Waals surface area contributed by atoms with Gasteiger partial charge in [0, 0.05) is 5.69 Å². The number of ether oxygens (including phenoxy) is 2. The van der Waals surface area contributed by atoms with Crippen molar-refractivity contribution in [1.82, 2.24) is 0 Å². The molecule has 1 N–H and O–H groups in total. The quantitative estimate of drug-likeness (QED) is 0.783. The van der Waals surface area contributed by atoms with Gasteiger partial charge in [-0.3, -0.25) is 4.79 Å². The van der Waals surface area contributed by atoms with Crippen molar-refractivity contribution in [2.75, 3.05) is 11.9 Å². The number of anilines is 1. The summed E-state index contributed by atoms with van der Waals surface area (Å²) in [6.07, 6.45) is 0.0128. The molecule has 132 valence electrons. The maximum atomic E-state index is 12.1. The van der Waals surface area contributed by atoms with Crippen molar-refractivity contribution in [3.63, 3.8) is 0 Å². The molecule has 0 aliphatic rings. The average Bonchev–Trinajstić information content (AvgIpc) is 2.62. The van der Waals surface area contributed by atoms with E-state index in [2.05, 4.69) is 5.32 Å². The fourth-order valence-corrected chi connectivity index (χ4v) is 2.38. The van der Waals surface area contributed by atoms with Crippen LogP contribution in [0.3, 0.4) is 0 Å². The van der Waals surface area contributed by atoms with E-state index in [0.29, 0.717) is 5.75 Å². The van der Waals surface area contributed by atoms with E-state index in [1.165, 1.54) is 0 Å². The number of hydrogen-bond donors (Lipinski definition) is 1. The van der Waals surface area contributed by atoms with Gasteiger partial charge < -0.3 is 14.8 Å². The zero-order chi connectivity index (χ0) is 18.2. The highest BCUT2D eigenvalue weighted by Crippen LogP contribution is 2.21. The number of rotatable bonds is 7. The van der Waals surface area contributed by atoms with E-state index in [1.54, 1.807) is 19.1 Å². The molecule has 1 atom stereocenters. The minimum absolute atomic E-state index is 0.348. The highest BCUT2D eigenvalue weighted by Gasteiger charge is 2.18. The molecule has 0 heterocycles. The van der Waals surface area contributed by atoms with Gasteiger partial charge in [-0.2, -0.15) is 0 Å². The fraction of sp³-hybridized carbons (Fsp3) is 0.300. The number of esters is 1. The topological polar surface area (TPSA) is 64.6 Å². The molecule has 5 nitrogen and oxygen atoms in total. The van der Waals surface area contributed by atoms with E-state index in [9.17, 15) is 9.59 Å². The monoisotopic (exact) mass is 341 g/mol. The van der Waals surface area contributed by atoms with Crippen molar-refractivity contribution < 1.29 is 19.1 Å². The number of amides is 1. The first-order valence-electron chi connectivity index (χ1n) is 8.28. The molecular formula is C20H23NO4. The van der Waals surface area contributed by atoms with Crippen LogP contribution in [0.25, 0.3) is 0 Å². The largest absolute Gasteiger partial charge is 0.479 e. The van der Waals surface area contributed by atoms with Crippen LogP contribution in [-0.4, -0.2) is 24.6 Å². The molecule has 0 saturated heterocycles. The Kier molecular flexibility index (Phi) is 6.57. The van der Waals surface area contributed by atoms with Crippen LogP contribution < -0.4 is 10.1 Å². The Hall–Kier alpha value is -2.82. The maximum Gasteiger partial charge on any atom is 0.347 e. The van der Waals surface area contributed by atoms with E-state index in [-0.39, 0.29) is 12.5 Å². The van der Waals surface area contributed by atoms with Gasteiger partial charge in [0.25, 0.3) is 5.91 Å². The number of benzene rings is 2. The van der Waals surface area contributed by atoms with E-state index < -0.39 is 12.1 Å². The van der Waals surface area contributed by atoms with Gasteiger partial charge in [-0.05, 0) is 43.5 Å². The first-order valence-corrected chi connectivity index (χ1v) is 8.28. The highest BCUT2D eigenvalue weighted by molar-refractivity contribution is 5.94. The molecule has 2 rings (SSSR count). The van der Waals surface area contributed by atoms with Crippen molar-refractivity contribution in [1.29, 1.82) is 0 Å². The molecule has 25 heavy (non-hydrogen) atoms. The van der Waals surface area contributed by atoms with Crippen molar-refractivity contribution in [2.45, 2.75) is 33.3 Å². The standard InChI is InChI=1S/C20H23NO4/c1-4-16-10-8-9-14(2)19(16)21-18(22)13-24-20(23)15(3)25-17-11-6-5-7-12-17/h5-12,15H,4,13H2,1-3H3,(H,21,22)/t15-/m0/s1. The van der Waals surface area contributed by atoms with Crippen molar-refractivity contribution in [3.05, 3.63) is 59.7 Å². The summed E-state index contributed by atoms with van der Waals surface area (Å²) in [7, 11) is 0. The number of aryl methyl sites for hydroxylation is 2. The van der Waals surface area contributed by atoms with Crippen molar-refractivity contribution in [3.8, 4) is 5.75 Å². The Morgan fingerprint density at radius 1 is 1.08 bits per heavy atom. The molecule has 2 aromatic rings. The molecule has 0 unspecified atom stereocenters. The summed E-state index contributed by atoms with van der Waals surface area (Å²) in [4.78, 5) is 24.1. The second kappa shape index (κ2) is 8.87. The third-order valence-electron chi connectivity index (χ3n) is 3.74. The molecule has 0 saturated carbocycles. The van der Waals surface area contributed by atoms with Crippen molar-refractivity contribution in [2.24, 2.45) is 0 Å². The normalized spacial score (nSPS) is 11.5. The summed E-state index contributed by atoms with van der Waals surface area (Å²) in [5.41, 5.74) is 2.79. The highest BCUT2D eigenvalue weighted by atomic mass is 16.6. The minimum Gasteiger partial charge on any atom is -0.479 e. The lowest BCUT2D eigenvalue weighted by Gasteiger charge is -2.15. The number of hydrogen-bond acceptors (Lipinski definition) is 4. The third kappa shape index (κ3) is 5.35. The first-order chi connectivity index (χ1) is 12.0. The van der Waals surface area contributed by atoms with Gasteiger partial charge in [0.05, 0.1) is 0 Å². The van der Waals surface area contributed by atoms with E-state index >= 15 is 0 Å². The maximum absolute atomic E-state index is 12.1. The number of nitrogens with one attached hydrogen (secondary N) is 1.